The second-order valence-corrected chi connectivity index (χ2v) is 4.33. The lowest BCUT2D eigenvalue weighted by atomic mass is 9.92. The SMILES string of the molecule is CC=C(c1ccccc1C)c1ccccc1C. The third-order valence-electron chi connectivity index (χ3n) is 3.16. The van der Waals surface area contributed by atoms with Gasteiger partial charge in [-0.1, -0.05) is 54.6 Å². The molecule has 0 saturated heterocycles. The zero-order valence-electron chi connectivity index (χ0n) is 10.7. The van der Waals surface area contributed by atoms with Gasteiger partial charge in [0.2, 0.25) is 0 Å². The fraction of sp³-hybridized carbons (Fsp3) is 0.176. The van der Waals surface area contributed by atoms with Crippen LogP contribution in [0.25, 0.3) is 5.57 Å². The Balaban J connectivity index is 2.57. The molecule has 0 nitrogen and oxygen atoms in total. The van der Waals surface area contributed by atoms with Crippen molar-refractivity contribution in [3.63, 3.8) is 0 Å². The minimum atomic E-state index is 1.32. The quantitative estimate of drug-likeness (QED) is 0.687. The molecule has 0 aliphatic heterocycles. The van der Waals surface area contributed by atoms with E-state index in [0.29, 0.717) is 0 Å². The molecule has 0 fully saturated rings. The Morgan fingerprint density at radius 3 is 1.53 bits per heavy atom. The Hall–Kier alpha value is -1.82. The molecule has 0 N–H and O–H groups in total. The molecule has 0 unspecified atom stereocenters. The van der Waals surface area contributed by atoms with Gasteiger partial charge in [-0.25, -0.2) is 0 Å². The number of aryl methyl sites for hydroxylation is 2. The summed E-state index contributed by atoms with van der Waals surface area (Å²) in [6, 6.07) is 17.1. The van der Waals surface area contributed by atoms with Crippen LogP contribution in [0.4, 0.5) is 0 Å². The summed E-state index contributed by atoms with van der Waals surface area (Å²) in [7, 11) is 0. The van der Waals surface area contributed by atoms with E-state index in [1.54, 1.807) is 0 Å². The Labute approximate surface area is 104 Å². The van der Waals surface area contributed by atoms with Crippen molar-refractivity contribution in [3.8, 4) is 0 Å². The molecular formula is C17H18. The van der Waals surface area contributed by atoms with Crippen LogP contribution >= 0.6 is 0 Å². The molecule has 0 spiro atoms. The van der Waals surface area contributed by atoms with Crippen LogP contribution < -0.4 is 0 Å². The van der Waals surface area contributed by atoms with Gasteiger partial charge < -0.3 is 0 Å². The molecule has 0 saturated carbocycles. The van der Waals surface area contributed by atoms with E-state index in [1.807, 2.05) is 0 Å². The third-order valence-corrected chi connectivity index (χ3v) is 3.16. The highest BCUT2D eigenvalue weighted by Gasteiger charge is 2.07. The maximum atomic E-state index is 2.20. The van der Waals surface area contributed by atoms with Crippen molar-refractivity contribution in [2.24, 2.45) is 0 Å². The fourth-order valence-electron chi connectivity index (χ4n) is 2.21. The zero-order chi connectivity index (χ0) is 12.3. The van der Waals surface area contributed by atoms with E-state index >= 15 is 0 Å². The average molecular weight is 222 g/mol. The fourth-order valence-corrected chi connectivity index (χ4v) is 2.21. The molecule has 0 amide bonds. The van der Waals surface area contributed by atoms with E-state index < -0.39 is 0 Å². The highest BCUT2D eigenvalue weighted by molar-refractivity contribution is 5.82. The minimum absolute atomic E-state index is 1.32. The van der Waals surface area contributed by atoms with E-state index in [0.717, 1.165) is 0 Å². The molecule has 0 heteroatoms. The maximum absolute atomic E-state index is 2.20. The van der Waals surface area contributed by atoms with Gasteiger partial charge in [0.15, 0.2) is 0 Å². The van der Waals surface area contributed by atoms with E-state index in [4.69, 9.17) is 0 Å². The molecule has 0 atom stereocenters. The first-order chi connectivity index (χ1) is 8.24. The average Bonchev–Trinajstić information content (AvgIpc) is 2.34. The first-order valence-electron chi connectivity index (χ1n) is 6.02. The van der Waals surface area contributed by atoms with Crippen molar-refractivity contribution >= 4 is 5.57 Å². The molecule has 2 aromatic carbocycles. The topological polar surface area (TPSA) is 0 Å². The van der Waals surface area contributed by atoms with Crippen LogP contribution in [-0.2, 0) is 0 Å². The van der Waals surface area contributed by atoms with Gasteiger partial charge in [0.1, 0.15) is 0 Å². The van der Waals surface area contributed by atoms with Crippen molar-refractivity contribution in [1.82, 2.24) is 0 Å². The molecule has 0 aromatic heterocycles. The Bertz CT molecular complexity index is 500. The first-order valence-corrected chi connectivity index (χ1v) is 6.02. The summed E-state index contributed by atoms with van der Waals surface area (Å²) in [5.41, 5.74) is 6.61. The predicted molar refractivity (Wildman–Crippen MR) is 75.1 cm³/mol. The van der Waals surface area contributed by atoms with Crippen LogP contribution in [0.3, 0.4) is 0 Å². The van der Waals surface area contributed by atoms with Crippen molar-refractivity contribution in [2.75, 3.05) is 0 Å². The summed E-state index contributed by atoms with van der Waals surface area (Å²) in [5, 5.41) is 0. The van der Waals surface area contributed by atoms with Crippen LogP contribution in [0, 0.1) is 13.8 Å². The Morgan fingerprint density at radius 2 is 1.18 bits per heavy atom. The smallest absolute Gasteiger partial charge is 0.0149 e. The molecule has 0 aliphatic rings. The number of hydrogen-bond acceptors (Lipinski definition) is 0. The second kappa shape index (κ2) is 5.01. The van der Waals surface area contributed by atoms with Crippen LogP contribution in [0.2, 0.25) is 0 Å². The first kappa shape index (κ1) is 11.7. The number of rotatable bonds is 2. The van der Waals surface area contributed by atoms with Crippen LogP contribution in [0.1, 0.15) is 29.2 Å². The van der Waals surface area contributed by atoms with Gasteiger partial charge >= 0.3 is 0 Å². The van der Waals surface area contributed by atoms with Gasteiger partial charge in [-0.15, -0.1) is 0 Å². The normalized spacial score (nSPS) is 10.1. The highest BCUT2D eigenvalue weighted by Crippen LogP contribution is 2.27. The van der Waals surface area contributed by atoms with Gasteiger partial charge in [0.25, 0.3) is 0 Å². The number of allylic oxidation sites excluding steroid dienone is 1. The molecule has 0 bridgehead atoms. The molecule has 0 radical (unpaired) electrons. The molecule has 2 rings (SSSR count). The highest BCUT2D eigenvalue weighted by atomic mass is 14.1. The third kappa shape index (κ3) is 2.31. The van der Waals surface area contributed by atoms with Crippen LogP contribution in [0.5, 0.6) is 0 Å². The van der Waals surface area contributed by atoms with Crippen molar-refractivity contribution in [2.45, 2.75) is 20.8 Å². The van der Waals surface area contributed by atoms with E-state index in [-0.39, 0.29) is 0 Å². The van der Waals surface area contributed by atoms with E-state index in [1.165, 1.54) is 27.8 Å². The summed E-state index contributed by atoms with van der Waals surface area (Å²) in [4.78, 5) is 0. The molecular weight excluding hydrogens is 204 g/mol. The number of hydrogen-bond donors (Lipinski definition) is 0. The second-order valence-electron chi connectivity index (χ2n) is 4.33. The monoisotopic (exact) mass is 222 g/mol. The van der Waals surface area contributed by atoms with Crippen molar-refractivity contribution in [1.29, 1.82) is 0 Å². The maximum Gasteiger partial charge on any atom is -0.0149 e. The van der Waals surface area contributed by atoms with Gasteiger partial charge in [-0.05, 0) is 48.6 Å². The predicted octanol–water partition coefficient (Wildman–Crippen LogP) is 4.76. The van der Waals surface area contributed by atoms with Gasteiger partial charge in [0, 0.05) is 0 Å². The molecule has 0 aliphatic carbocycles. The Kier molecular flexibility index (Phi) is 3.43. The van der Waals surface area contributed by atoms with Crippen LogP contribution in [-0.4, -0.2) is 0 Å². The lowest BCUT2D eigenvalue weighted by Crippen LogP contribution is -1.93. The lowest BCUT2D eigenvalue weighted by Gasteiger charge is -2.13. The summed E-state index contributed by atoms with van der Waals surface area (Å²) in [6.45, 7) is 6.43. The van der Waals surface area contributed by atoms with Crippen molar-refractivity contribution < 1.29 is 0 Å². The van der Waals surface area contributed by atoms with Crippen molar-refractivity contribution in [3.05, 3.63) is 76.9 Å². The number of benzene rings is 2. The Morgan fingerprint density at radius 1 is 0.765 bits per heavy atom. The molecule has 2 aromatic rings. The lowest BCUT2D eigenvalue weighted by molar-refractivity contribution is 1.37. The van der Waals surface area contributed by atoms with E-state index in [2.05, 4.69) is 75.4 Å². The van der Waals surface area contributed by atoms with Crippen LogP contribution in [0.15, 0.2) is 54.6 Å². The summed E-state index contributed by atoms with van der Waals surface area (Å²) < 4.78 is 0. The summed E-state index contributed by atoms with van der Waals surface area (Å²) in [5.74, 6) is 0. The minimum Gasteiger partial charge on any atom is -0.0792 e. The largest absolute Gasteiger partial charge is 0.0792 e. The van der Waals surface area contributed by atoms with Gasteiger partial charge in [-0.2, -0.15) is 0 Å². The summed E-state index contributed by atoms with van der Waals surface area (Å²) >= 11 is 0. The summed E-state index contributed by atoms with van der Waals surface area (Å²) in [6.07, 6.45) is 2.20. The van der Waals surface area contributed by atoms with E-state index in [9.17, 15) is 0 Å². The zero-order valence-corrected chi connectivity index (χ0v) is 10.7. The van der Waals surface area contributed by atoms with Gasteiger partial charge in [-0.3, -0.25) is 0 Å². The molecule has 17 heavy (non-hydrogen) atoms. The van der Waals surface area contributed by atoms with Gasteiger partial charge in [0.05, 0.1) is 0 Å². The molecule has 0 heterocycles. The standard InChI is InChI=1S/C17H18/c1-4-15(16-11-7-5-9-13(16)2)17-12-8-6-10-14(17)3/h4-12H,1-3H3. The molecule has 86 valence electrons.